The number of nitrogens with two attached hydrogens (primary N) is 1. The average molecular weight is 296 g/mol. The first kappa shape index (κ1) is 10.8. The third-order valence-electron chi connectivity index (χ3n) is 3.60. The van der Waals surface area contributed by atoms with Crippen molar-refractivity contribution >= 4 is 37.4 Å². The van der Waals surface area contributed by atoms with Gasteiger partial charge in [-0.3, -0.25) is 0 Å². The Hall–Kier alpha value is -0.380. The summed E-state index contributed by atoms with van der Waals surface area (Å²) in [7, 11) is 0. The number of thiophene rings is 1. The van der Waals surface area contributed by atoms with Gasteiger partial charge in [-0.05, 0) is 57.1 Å². The van der Waals surface area contributed by atoms with Gasteiger partial charge < -0.3 is 5.73 Å². The van der Waals surface area contributed by atoms with Crippen LogP contribution in [-0.2, 0) is 0 Å². The van der Waals surface area contributed by atoms with Crippen LogP contribution in [0, 0.1) is 5.92 Å². The first-order valence-electron chi connectivity index (χ1n) is 5.68. The van der Waals surface area contributed by atoms with E-state index in [9.17, 15) is 0 Å². The van der Waals surface area contributed by atoms with Crippen molar-refractivity contribution < 1.29 is 0 Å². The van der Waals surface area contributed by atoms with E-state index in [1.165, 1.54) is 39.4 Å². The molecule has 1 heterocycles. The lowest BCUT2D eigenvalue weighted by Crippen LogP contribution is -2.26. The van der Waals surface area contributed by atoms with Gasteiger partial charge in [-0.2, -0.15) is 0 Å². The normalized spacial score (nSPS) is 18.6. The first-order valence-corrected chi connectivity index (χ1v) is 7.36. The molecule has 1 unspecified atom stereocenters. The highest BCUT2D eigenvalue weighted by Gasteiger charge is 2.27. The van der Waals surface area contributed by atoms with Gasteiger partial charge in [-0.1, -0.05) is 18.6 Å². The van der Waals surface area contributed by atoms with Gasteiger partial charge in [0.25, 0.3) is 0 Å². The van der Waals surface area contributed by atoms with Crippen molar-refractivity contribution in [3.05, 3.63) is 33.6 Å². The van der Waals surface area contributed by atoms with Gasteiger partial charge in [0.15, 0.2) is 0 Å². The van der Waals surface area contributed by atoms with E-state index < -0.39 is 0 Å². The predicted molar refractivity (Wildman–Crippen MR) is 73.8 cm³/mol. The Labute approximate surface area is 108 Å². The maximum atomic E-state index is 6.35. The number of fused-ring (bicyclic) bond motifs is 1. The predicted octanol–water partition coefficient (Wildman–Crippen LogP) is 4.46. The first-order chi connectivity index (χ1) is 7.77. The van der Waals surface area contributed by atoms with Crippen LogP contribution < -0.4 is 5.73 Å². The Morgan fingerprint density at radius 1 is 1.38 bits per heavy atom. The Morgan fingerprint density at radius 3 is 2.88 bits per heavy atom. The second kappa shape index (κ2) is 4.13. The Bertz CT molecular complexity index is 516. The standard InChI is InChI=1S/C13H14BrNS/c14-11-6-2-5-9-10(7-16-13(9)11)12(15)8-3-1-4-8/h2,5-8,12H,1,3-4,15H2. The van der Waals surface area contributed by atoms with Gasteiger partial charge in [0.1, 0.15) is 0 Å². The van der Waals surface area contributed by atoms with E-state index >= 15 is 0 Å². The van der Waals surface area contributed by atoms with Crippen LogP contribution in [-0.4, -0.2) is 0 Å². The molecule has 1 atom stereocenters. The second-order valence-electron chi connectivity index (χ2n) is 4.52. The summed E-state index contributed by atoms with van der Waals surface area (Å²) in [5, 5.41) is 3.57. The monoisotopic (exact) mass is 295 g/mol. The van der Waals surface area contributed by atoms with Crippen LogP contribution in [0.15, 0.2) is 28.1 Å². The van der Waals surface area contributed by atoms with Gasteiger partial charge in [-0.15, -0.1) is 11.3 Å². The van der Waals surface area contributed by atoms with Crippen LogP contribution in [0.1, 0.15) is 30.9 Å². The molecule has 2 aromatic rings. The Balaban J connectivity index is 2.06. The molecule has 1 aliphatic rings. The fraction of sp³-hybridized carbons (Fsp3) is 0.385. The lowest BCUT2D eigenvalue weighted by Gasteiger charge is -2.31. The average Bonchev–Trinajstić information content (AvgIpc) is 2.59. The molecule has 16 heavy (non-hydrogen) atoms. The second-order valence-corrected chi connectivity index (χ2v) is 6.26. The zero-order chi connectivity index (χ0) is 11.1. The molecule has 0 aliphatic heterocycles. The van der Waals surface area contributed by atoms with Crippen LogP contribution in [0.3, 0.4) is 0 Å². The summed E-state index contributed by atoms with van der Waals surface area (Å²) in [4.78, 5) is 0. The van der Waals surface area contributed by atoms with Crippen molar-refractivity contribution in [1.82, 2.24) is 0 Å². The van der Waals surface area contributed by atoms with Crippen molar-refractivity contribution in [3.8, 4) is 0 Å². The van der Waals surface area contributed by atoms with Crippen molar-refractivity contribution in [3.63, 3.8) is 0 Å². The molecule has 3 rings (SSSR count). The minimum atomic E-state index is 0.233. The molecule has 0 bridgehead atoms. The molecule has 2 N–H and O–H groups in total. The zero-order valence-corrected chi connectivity index (χ0v) is 11.4. The molecule has 0 spiro atoms. The maximum absolute atomic E-state index is 6.35. The molecule has 1 nitrogen and oxygen atoms in total. The molecule has 1 aromatic heterocycles. The maximum Gasteiger partial charge on any atom is 0.0488 e. The van der Waals surface area contributed by atoms with Crippen molar-refractivity contribution in [2.45, 2.75) is 25.3 Å². The van der Waals surface area contributed by atoms with Crippen LogP contribution in [0.2, 0.25) is 0 Å². The van der Waals surface area contributed by atoms with E-state index in [0.29, 0.717) is 5.92 Å². The molecule has 0 radical (unpaired) electrons. The highest BCUT2D eigenvalue weighted by molar-refractivity contribution is 9.10. The van der Waals surface area contributed by atoms with Gasteiger partial charge in [0.2, 0.25) is 0 Å². The SMILES string of the molecule is NC(c1csc2c(Br)cccc12)C1CCC1. The highest BCUT2D eigenvalue weighted by Crippen LogP contribution is 2.41. The van der Waals surface area contributed by atoms with Gasteiger partial charge in [0, 0.05) is 15.2 Å². The number of rotatable bonds is 2. The summed E-state index contributed by atoms with van der Waals surface area (Å²) in [5.74, 6) is 0.705. The van der Waals surface area contributed by atoms with Crippen molar-refractivity contribution in [2.75, 3.05) is 0 Å². The summed E-state index contributed by atoms with van der Waals surface area (Å²) < 4.78 is 2.51. The molecule has 0 amide bonds. The van der Waals surface area contributed by atoms with E-state index in [-0.39, 0.29) is 6.04 Å². The minimum Gasteiger partial charge on any atom is -0.324 e. The molecule has 0 saturated heterocycles. The largest absolute Gasteiger partial charge is 0.324 e. The van der Waals surface area contributed by atoms with Gasteiger partial charge in [-0.25, -0.2) is 0 Å². The zero-order valence-electron chi connectivity index (χ0n) is 8.95. The summed E-state index contributed by atoms with van der Waals surface area (Å²) in [6.07, 6.45) is 3.95. The van der Waals surface area contributed by atoms with Gasteiger partial charge >= 0.3 is 0 Å². The summed E-state index contributed by atoms with van der Waals surface area (Å²) in [6, 6.07) is 6.61. The summed E-state index contributed by atoms with van der Waals surface area (Å²) in [6.45, 7) is 0. The molecular formula is C13H14BrNS. The number of hydrogen-bond acceptors (Lipinski definition) is 2. The Morgan fingerprint density at radius 2 is 2.19 bits per heavy atom. The quantitative estimate of drug-likeness (QED) is 0.869. The molecule has 1 saturated carbocycles. The molecule has 1 aromatic carbocycles. The fourth-order valence-corrected chi connectivity index (χ4v) is 4.02. The molecule has 1 fully saturated rings. The third kappa shape index (κ3) is 1.62. The van der Waals surface area contributed by atoms with E-state index in [1.54, 1.807) is 11.3 Å². The summed E-state index contributed by atoms with van der Waals surface area (Å²) in [5.41, 5.74) is 7.69. The topological polar surface area (TPSA) is 26.0 Å². The van der Waals surface area contributed by atoms with E-state index in [1.807, 2.05) is 0 Å². The minimum absolute atomic E-state index is 0.233. The van der Waals surface area contributed by atoms with Gasteiger partial charge in [0.05, 0.1) is 0 Å². The number of benzene rings is 1. The van der Waals surface area contributed by atoms with Crippen LogP contribution in [0.4, 0.5) is 0 Å². The smallest absolute Gasteiger partial charge is 0.0488 e. The third-order valence-corrected chi connectivity index (χ3v) is 5.57. The summed E-state index contributed by atoms with van der Waals surface area (Å²) >= 11 is 5.39. The molecule has 84 valence electrons. The fourth-order valence-electron chi connectivity index (χ4n) is 2.35. The van der Waals surface area contributed by atoms with Crippen LogP contribution >= 0.6 is 27.3 Å². The molecular weight excluding hydrogens is 282 g/mol. The van der Waals surface area contributed by atoms with E-state index in [2.05, 4.69) is 39.5 Å². The number of hydrogen-bond donors (Lipinski definition) is 1. The molecule has 3 heteroatoms. The van der Waals surface area contributed by atoms with E-state index in [0.717, 1.165) is 0 Å². The molecule has 1 aliphatic carbocycles. The van der Waals surface area contributed by atoms with Crippen LogP contribution in [0.25, 0.3) is 10.1 Å². The highest BCUT2D eigenvalue weighted by atomic mass is 79.9. The lowest BCUT2D eigenvalue weighted by molar-refractivity contribution is 0.265. The Kier molecular flexibility index (Phi) is 2.78. The van der Waals surface area contributed by atoms with E-state index in [4.69, 9.17) is 5.73 Å². The van der Waals surface area contributed by atoms with Crippen molar-refractivity contribution in [2.24, 2.45) is 11.7 Å². The van der Waals surface area contributed by atoms with Crippen molar-refractivity contribution in [1.29, 1.82) is 0 Å². The van der Waals surface area contributed by atoms with Crippen LogP contribution in [0.5, 0.6) is 0 Å². The number of halogens is 1. The lowest BCUT2D eigenvalue weighted by atomic mass is 9.77.